The maximum absolute atomic E-state index is 12.0. The van der Waals surface area contributed by atoms with Crippen molar-refractivity contribution in [2.75, 3.05) is 0 Å². The molecule has 0 atom stereocenters. The molecule has 0 radical (unpaired) electrons. The molecule has 2 aromatic heterocycles. The SMILES string of the molecule is Cc1cccn(C(=O)CCC(=O)n2ccccc2=O)c1=O. The molecule has 0 aromatic carbocycles. The number of aromatic nitrogens is 2. The summed E-state index contributed by atoms with van der Waals surface area (Å²) in [7, 11) is 0. The van der Waals surface area contributed by atoms with E-state index in [-0.39, 0.29) is 12.8 Å². The highest BCUT2D eigenvalue weighted by Crippen LogP contribution is 1.98. The molecule has 0 saturated heterocycles. The fourth-order valence-electron chi connectivity index (χ4n) is 1.89. The van der Waals surface area contributed by atoms with Crippen LogP contribution in [0.5, 0.6) is 0 Å². The molecule has 0 aliphatic heterocycles. The van der Waals surface area contributed by atoms with E-state index in [0.717, 1.165) is 9.13 Å². The van der Waals surface area contributed by atoms with Crippen LogP contribution in [0.15, 0.2) is 52.3 Å². The van der Waals surface area contributed by atoms with E-state index in [4.69, 9.17) is 0 Å². The van der Waals surface area contributed by atoms with Gasteiger partial charge < -0.3 is 0 Å². The smallest absolute Gasteiger partial charge is 0.260 e. The summed E-state index contributed by atoms with van der Waals surface area (Å²) in [6.45, 7) is 1.61. The summed E-state index contributed by atoms with van der Waals surface area (Å²) in [6, 6.07) is 7.57. The molecule has 0 unspecified atom stereocenters. The quantitative estimate of drug-likeness (QED) is 0.845. The highest BCUT2D eigenvalue weighted by atomic mass is 16.2. The van der Waals surface area contributed by atoms with Gasteiger partial charge in [0.05, 0.1) is 0 Å². The van der Waals surface area contributed by atoms with Crippen LogP contribution in [0, 0.1) is 6.92 Å². The lowest BCUT2D eigenvalue weighted by Crippen LogP contribution is -2.29. The second-order valence-electron chi connectivity index (χ2n) is 4.56. The van der Waals surface area contributed by atoms with E-state index in [2.05, 4.69) is 0 Å². The van der Waals surface area contributed by atoms with E-state index >= 15 is 0 Å². The average molecular weight is 286 g/mol. The first kappa shape index (κ1) is 14.6. The Bertz CT molecular complexity index is 802. The van der Waals surface area contributed by atoms with Crippen molar-refractivity contribution in [2.45, 2.75) is 19.8 Å². The number of aryl methyl sites for hydroxylation is 1. The molecular weight excluding hydrogens is 272 g/mol. The van der Waals surface area contributed by atoms with Gasteiger partial charge in [0, 0.05) is 36.9 Å². The third-order valence-electron chi connectivity index (χ3n) is 3.05. The number of hydrogen-bond donors (Lipinski definition) is 0. The average Bonchev–Trinajstić information content (AvgIpc) is 2.47. The molecule has 0 aliphatic rings. The Labute approximate surface area is 120 Å². The normalized spacial score (nSPS) is 10.3. The molecule has 0 bridgehead atoms. The van der Waals surface area contributed by atoms with Crippen LogP contribution in [-0.2, 0) is 0 Å². The van der Waals surface area contributed by atoms with Gasteiger partial charge in [-0.05, 0) is 19.1 Å². The minimum atomic E-state index is -0.477. The molecule has 21 heavy (non-hydrogen) atoms. The summed E-state index contributed by atoms with van der Waals surface area (Å²) >= 11 is 0. The van der Waals surface area contributed by atoms with Crippen LogP contribution < -0.4 is 11.1 Å². The van der Waals surface area contributed by atoms with Crippen molar-refractivity contribution in [3.8, 4) is 0 Å². The van der Waals surface area contributed by atoms with Gasteiger partial charge in [-0.2, -0.15) is 0 Å². The van der Waals surface area contributed by atoms with Crippen LogP contribution in [0.3, 0.4) is 0 Å². The molecule has 6 heteroatoms. The molecule has 0 fully saturated rings. The van der Waals surface area contributed by atoms with E-state index in [1.165, 1.54) is 24.5 Å². The molecule has 0 amide bonds. The molecule has 2 aromatic rings. The van der Waals surface area contributed by atoms with Gasteiger partial charge in [-0.15, -0.1) is 0 Å². The maximum atomic E-state index is 12.0. The van der Waals surface area contributed by atoms with Gasteiger partial charge in [-0.25, -0.2) is 0 Å². The van der Waals surface area contributed by atoms with Crippen LogP contribution >= 0.6 is 0 Å². The Balaban J connectivity index is 2.10. The zero-order valence-corrected chi connectivity index (χ0v) is 11.5. The number of pyridine rings is 2. The van der Waals surface area contributed by atoms with Crippen LogP contribution in [0.2, 0.25) is 0 Å². The number of carbonyl (C=O) groups is 2. The zero-order chi connectivity index (χ0) is 15.4. The van der Waals surface area contributed by atoms with Crippen LogP contribution in [0.25, 0.3) is 0 Å². The van der Waals surface area contributed by atoms with Crippen molar-refractivity contribution in [1.29, 1.82) is 0 Å². The van der Waals surface area contributed by atoms with Gasteiger partial charge in [-0.3, -0.25) is 28.3 Å². The molecule has 6 nitrogen and oxygen atoms in total. The summed E-state index contributed by atoms with van der Waals surface area (Å²) in [5.41, 5.74) is -0.383. The summed E-state index contributed by atoms with van der Waals surface area (Å²) in [6.07, 6.45) is 2.46. The fraction of sp³-hybridized carbons (Fsp3) is 0.200. The van der Waals surface area contributed by atoms with Crippen molar-refractivity contribution in [2.24, 2.45) is 0 Å². The van der Waals surface area contributed by atoms with E-state index in [1.54, 1.807) is 25.1 Å². The number of hydrogen-bond acceptors (Lipinski definition) is 4. The number of rotatable bonds is 3. The van der Waals surface area contributed by atoms with Crippen molar-refractivity contribution < 1.29 is 9.59 Å². The minimum absolute atomic E-state index is 0.135. The molecule has 108 valence electrons. The van der Waals surface area contributed by atoms with Crippen LogP contribution in [0.1, 0.15) is 28.0 Å². The number of carbonyl (C=O) groups excluding carboxylic acids is 2. The Morgan fingerprint density at radius 1 is 0.905 bits per heavy atom. The van der Waals surface area contributed by atoms with Gasteiger partial charge in [-0.1, -0.05) is 12.1 Å². The lowest BCUT2D eigenvalue weighted by molar-refractivity contribution is 0.0826. The second-order valence-corrected chi connectivity index (χ2v) is 4.56. The third-order valence-corrected chi connectivity index (χ3v) is 3.05. The molecule has 0 spiro atoms. The van der Waals surface area contributed by atoms with Crippen molar-refractivity contribution in [1.82, 2.24) is 9.13 Å². The van der Waals surface area contributed by atoms with Crippen molar-refractivity contribution in [3.05, 3.63) is 69.0 Å². The molecule has 2 heterocycles. The molecular formula is C15H14N2O4. The number of nitrogens with zero attached hydrogens (tertiary/aromatic N) is 2. The fourth-order valence-corrected chi connectivity index (χ4v) is 1.89. The topological polar surface area (TPSA) is 78.1 Å². The Morgan fingerprint density at radius 3 is 2.19 bits per heavy atom. The zero-order valence-electron chi connectivity index (χ0n) is 11.5. The summed E-state index contributed by atoms with van der Waals surface area (Å²) in [5, 5.41) is 0. The van der Waals surface area contributed by atoms with Crippen LogP contribution in [0.4, 0.5) is 0 Å². The van der Waals surface area contributed by atoms with Crippen molar-refractivity contribution in [3.63, 3.8) is 0 Å². The Morgan fingerprint density at radius 2 is 1.52 bits per heavy atom. The van der Waals surface area contributed by atoms with Gasteiger partial charge >= 0.3 is 0 Å². The second kappa shape index (κ2) is 6.13. The Kier molecular flexibility index (Phi) is 4.27. The standard InChI is InChI=1S/C15H14N2O4/c1-11-5-4-10-17(15(11)21)14(20)8-7-13(19)16-9-3-2-6-12(16)18/h2-6,9-10H,7-8H2,1H3. The van der Waals surface area contributed by atoms with E-state index in [0.29, 0.717) is 5.56 Å². The monoisotopic (exact) mass is 286 g/mol. The van der Waals surface area contributed by atoms with Gasteiger partial charge in [0.1, 0.15) is 0 Å². The lowest BCUT2D eigenvalue weighted by Gasteiger charge is -2.06. The molecule has 0 saturated carbocycles. The first-order valence-electron chi connectivity index (χ1n) is 6.43. The maximum Gasteiger partial charge on any atom is 0.260 e. The van der Waals surface area contributed by atoms with Crippen LogP contribution in [-0.4, -0.2) is 20.9 Å². The summed E-state index contributed by atoms with van der Waals surface area (Å²) < 4.78 is 1.93. The van der Waals surface area contributed by atoms with Crippen molar-refractivity contribution >= 4 is 11.8 Å². The van der Waals surface area contributed by atoms with E-state index in [9.17, 15) is 19.2 Å². The predicted molar refractivity (Wildman–Crippen MR) is 76.6 cm³/mol. The highest BCUT2D eigenvalue weighted by molar-refractivity contribution is 5.86. The van der Waals surface area contributed by atoms with Gasteiger partial charge in [0.2, 0.25) is 11.8 Å². The van der Waals surface area contributed by atoms with E-state index < -0.39 is 22.9 Å². The molecule has 2 rings (SSSR count). The molecule has 0 aliphatic carbocycles. The van der Waals surface area contributed by atoms with Gasteiger partial charge in [0.15, 0.2) is 0 Å². The third kappa shape index (κ3) is 3.22. The first-order chi connectivity index (χ1) is 10.0. The largest absolute Gasteiger partial charge is 0.274 e. The van der Waals surface area contributed by atoms with Gasteiger partial charge in [0.25, 0.3) is 11.1 Å². The van der Waals surface area contributed by atoms with E-state index in [1.807, 2.05) is 0 Å². The Hall–Kier alpha value is -2.76. The predicted octanol–water partition coefficient (Wildman–Crippen LogP) is 1.08. The summed E-state index contributed by atoms with van der Waals surface area (Å²) in [4.78, 5) is 47.1. The lowest BCUT2D eigenvalue weighted by atomic mass is 10.2. The minimum Gasteiger partial charge on any atom is -0.274 e. The molecule has 0 N–H and O–H groups in total. The summed E-state index contributed by atoms with van der Waals surface area (Å²) in [5.74, 6) is -0.948. The highest BCUT2D eigenvalue weighted by Gasteiger charge is 2.12. The first-order valence-corrected chi connectivity index (χ1v) is 6.43.